The minimum atomic E-state index is -0.390. The normalized spacial score (nSPS) is 30.2. The summed E-state index contributed by atoms with van der Waals surface area (Å²) in [6, 6.07) is 0. The Balaban J connectivity index is 2.63. The van der Waals surface area contributed by atoms with E-state index >= 15 is 0 Å². The molecule has 0 bridgehead atoms. The SMILES string of the molecule is COC(=O)/C=C1/OC[C@H](OC)[C@H]1C. The fraction of sp³-hybridized carbons (Fsp3) is 0.667. The standard InChI is InChI=1S/C9H14O4/c1-6-7(4-9(10)12-3)13-5-8(6)11-2/h4,6,8H,5H2,1-3H3/b7-4+/t6-,8-/m0/s1. The van der Waals surface area contributed by atoms with Gasteiger partial charge in [-0.3, -0.25) is 0 Å². The van der Waals surface area contributed by atoms with Gasteiger partial charge in [0.25, 0.3) is 0 Å². The van der Waals surface area contributed by atoms with E-state index in [0.29, 0.717) is 12.4 Å². The third-order valence-electron chi connectivity index (χ3n) is 2.18. The zero-order valence-electron chi connectivity index (χ0n) is 8.07. The van der Waals surface area contributed by atoms with E-state index < -0.39 is 5.97 Å². The van der Waals surface area contributed by atoms with Crippen LogP contribution in [0.15, 0.2) is 11.8 Å². The van der Waals surface area contributed by atoms with Crippen molar-refractivity contribution >= 4 is 5.97 Å². The van der Waals surface area contributed by atoms with Crippen LogP contribution in [0.2, 0.25) is 0 Å². The average molecular weight is 186 g/mol. The average Bonchev–Trinajstić information content (AvgIpc) is 2.48. The van der Waals surface area contributed by atoms with Crippen LogP contribution in [0.4, 0.5) is 0 Å². The van der Waals surface area contributed by atoms with E-state index in [1.54, 1.807) is 7.11 Å². The first-order valence-electron chi connectivity index (χ1n) is 4.14. The maximum atomic E-state index is 10.9. The predicted molar refractivity (Wildman–Crippen MR) is 46.0 cm³/mol. The summed E-state index contributed by atoms with van der Waals surface area (Å²) in [5.41, 5.74) is 0. The van der Waals surface area contributed by atoms with Gasteiger partial charge in [0.05, 0.1) is 13.2 Å². The molecule has 4 nitrogen and oxygen atoms in total. The zero-order chi connectivity index (χ0) is 9.84. The molecule has 1 aliphatic rings. The number of carbonyl (C=O) groups excluding carboxylic acids is 1. The van der Waals surface area contributed by atoms with Gasteiger partial charge in [-0.25, -0.2) is 4.79 Å². The Kier molecular flexibility index (Phi) is 3.31. The van der Waals surface area contributed by atoms with Crippen molar-refractivity contribution in [2.45, 2.75) is 13.0 Å². The first-order chi connectivity index (χ1) is 6.19. The van der Waals surface area contributed by atoms with Crippen molar-refractivity contribution in [1.29, 1.82) is 0 Å². The topological polar surface area (TPSA) is 44.8 Å². The van der Waals surface area contributed by atoms with E-state index in [2.05, 4.69) is 4.74 Å². The lowest BCUT2D eigenvalue weighted by atomic mass is 10.1. The first kappa shape index (κ1) is 10.1. The van der Waals surface area contributed by atoms with Crippen LogP contribution in [-0.4, -0.2) is 32.9 Å². The summed E-state index contributed by atoms with van der Waals surface area (Å²) in [4.78, 5) is 10.9. The molecule has 74 valence electrons. The highest BCUT2D eigenvalue weighted by Crippen LogP contribution is 2.26. The number of carbonyl (C=O) groups is 1. The molecule has 13 heavy (non-hydrogen) atoms. The van der Waals surface area contributed by atoms with E-state index in [9.17, 15) is 4.79 Å². The Hall–Kier alpha value is -1.03. The molecule has 1 heterocycles. The molecule has 0 aliphatic carbocycles. The first-order valence-corrected chi connectivity index (χ1v) is 4.14. The van der Waals surface area contributed by atoms with Crippen LogP contribution in [0.5, 0.6) is 0 Å². The van der Waals surface area contributed by atoms with Crippen LogP contribution < -0.4 is 0 Å². The summed E-state index contributed by atoms with van der Waals surface area (Å²) >= 11 is 0. The number of hydrogen-bond acceptors (Lipinski definition) is 4. The zero-order valence-corrected chi connectivity index (χ0v) is 8.07. The minimum absolute atomic E-state index is 0.0379. The lowest BCUT2D eigenvalue weighted by Crippen LogP contribution is -2.17. The van der Waals surface area contributed by atoms with Gasteiger partial charge in [0.1, 0.15) is 18.5 Å². The van der Waals surface area contributed by atoms with Crippen molar-refractivity contribution < 1.29 is 19.0 Å². The van der Waals surface area contributed by atoms with E-state index in [1.807, 2.05) is 6.92 Å². The van der Waals surface area contributed by atoms with Gasteiger partial charge in [-0.05, 0) is 0 Å². The maximum Gasteiger partial charge on any atom is 0.333 e. The summed E-state index contributed by atoms with van der Waals surface area (Å²) < 4.78 is 14.9. The molecule has 1 rings (SSSR count). The largest absolute Gasteiger partial charge is 0.495 e. The van der Waals surface area contributed by atoms with E-state index in [1.165, 1.54) is 13.2 Å². The lowest BCUT2D eigenvalue weighted by Gasteiger charge is -2.08. The van der Waals surface area contributed by atoms with E-state index in [-0.39, 0.29) is 12.0 Å². The number of ether oxygens (including phenoxy) is 3. The van der Waals surface area contributed by atoms with Crippen LogP contribution in [0.25, 0.3) is 0 Å². The fourth-order valence-electron chi connectivity index (χ4n) is 1.26. The molecule has 0 aromatic carbocycles. The molecule has 1 saturated heterocycles. The monoisotopic (exact) mass is 186 g/mol. The molecular formula is C9H14O4. The number of rotatable bonds is 2. The Bertz CT molecular complexity index is 222. The number of methoxy groups -OCH3 is 2. The predicted octanol–water partition coefficient (Wildman–Crippen LogP) is 0.725. The van der Waals surface area contributed by atoms with Crippen LogP contribution in [0, 0.1) is 5.92 Å². The molecule has 1 fully saturated rings. The summed E-state index contributed by atoms with van der Waals surface area (Å²) in [7, 11) is 2.97. The minimum Gasteiger partial charge on any atom is -0.495 e. The van der Waals surface area contributed by atoms with Gasteiger partial charge in [0.2, 0.25) is 0 Å². The molecule has 0 aromatic heterocycles. The van der Waals surface area contributed by atoms with E-state index in [4.69, 9.17) is 9.47 Å². The molecule has 0 amide bonds. The van der Waals surface area contributed by atoms with Gasteiger partial charge in [-0.15, -0.1) is 0 Å². The molecule has 0 unspecified atom stereocenters. The van der Waals surface area contributed by atoms with Gasteiger partial charge >= 0.3 is 5.97 Å². The molecular weight excluding hydrogens is 172 g/mol. The third-order valence-corrected chi connectivity index (χ3v) is 2.18. The second-order valence-electron chi connectivity index (χ2n) is 2.94. The van der Waals surface area contributed by atoms with Crippen molar-refractivity contribution in [2.75, 3.05) is 20.8 Å². The number of hydrogen-bond donors (Lipinski definition) is 0. The molecule has 0 spiro atoms. The molecule has 2 atom stereocenters. The molecule has 0 aromatic rings. The second-order valence-corrected chi connectivity index (χ2v) is 2.94. The van der Waals surface area contributed by atoms with Crippen molar-refractivity contribution in [3.05, 3.63) is 11.8 Å². The van der Waals surface area contributed by atoms with Gasteiger partial charge in [0.15, 0.2) is 0 Å². The highest BCUT2D eigenvalue weighted by Gasteiger charge is 2.30. The summed E-state index contributed by atoms with van der Waals surface area (Å²) in [5, 5.41) is 0. The summed E-state index contributed by atoms with van der Waals surface area (Å²) in [5.74, 6) is 0.362. The van der Waals surface area contributed by atoms with Crippen molar-refractivity contribution in [2.24, 2.45) is 5.92 Å². The quantitative estimate of drug-likeness (QED) is 0.471. The van der Waals surface area contributed by atoms with Crippen LogP contribution in [0.3, 0.4) is 0 Å². The van der Waals surface area contributed by atoms with Crippen LogP contribution in [0.1, 0.15) is 6.92 Å². The van der Waals surface area contributed by atoms with Crippen molar-refractivity contribution in [3.8, 4) is 0 Å². The van der Waals surface area contributed by atoms with E-state index in [0.717, 1.165) is 0 Å². The van der Waals surface area contributed by atoms with Gasteiger partial charge in [-0.2, -0.15) is 0 Å². The Labute approximate surface area is 77.5 Å². The van der Waals surface area contributed by atoms with Gasteiger partial charge in [0, 0.05) is 13.0 Å². The summed E-state index contributed by atoms with van der Waals surface area (Å²) in [6.07, 6.45) is 1.40. The third kappa shape index (κ3) is 2.21. The van der Waals surface area contributed by atoms with Crippen molar-refractivity contribution in [3.63, 3.8) is 0 Å². The second kappa shape index (κ2) is 4.28. The molecule has 0 saturated carbocycles. The van der Waals surface area contributed by atoms with Gasteiger partial charge in [-0.1, -0.05) is 6.92 Å². The molecule has 1 aliphatic heterocycles. The summed E-state index contributed by atoms with van der Waals surface area (Å²) in [6.45, 7) is 2.45. The van der Waals surface area contributed by atoms with Crippen molar-refractivity contribution in [1.82, 2.24) is 0 Å². The van der Waals surface area contributed by atoms with Crippen LogP contribution in [-0.2, 0) is 19.0 Å². The molecule has 0 N–H and O–H groups in total. The maximum absolute atomic E-state index is 10.9. The molecule has 0 radical (unpaired) electrons. The fourth-order valence-corrected chi connectivity index (χ4v) is 1.26. The highest BCUT2D eigenvalue weighted by molar-refractivity contribution is 5.82. The van der Waals surface area contributed by atoms with Crippen LogP contribution >= 0.6 is 0 Å². The molecule has 4 heteroatoms. The Morgan fingerprint density at radius 3 is 2.77 bits per heavy atom. The smallest absolute Gasteiger partial charge is 0.333 e. The highest BCUT2D eigenvalue weighted by atomic mass is 16.5. The Morgan fingerprint density at radius 1 is 1.62 bits per heavy atom. The lowest BCUT2D eigenvalue weighted by molar-refractivity contribution is -0.135. The van der Waals surface area contributed by atoms with Gasteiger partial charge < -0.3 is 14.2 Å². The Morgan fingerprint density at radius 2 is 2.31 bits per heavy atom. The number of esters is 1.